The number of anilines is 2. The highest BCUT2D eigenvalue weighted by Gasteiger charge is 2.36. The Morgan fingerprint density at radius 3 is 2.27 bits per heavy atom. The first-order valence-corrected chi connectivity index (χ1v) is 13.1. The van der Waals surface area contributed by atoms with E-state index in [1.165, 1.54) is 17.0 Å². The monoisotopic (exact) mass is 551 g/mol. The first-order valence-electron chi connectivity index (χ1n) is 12.3. The predicted molar refractivity (Wildman–Crippen MR) is 155 cm³/mol. The number of phenolic OH excluding ortho intramolecular Hbond substituents is 1. The summed E-state index contributed by atoms with van der Waals surface area (Å²) in [4.78, 5) is 41.5. The van der Waals surface area contributed by atoms with Gasteiger partial charge in [0.05, 0.1) is 11.4 Å². The number of aromatic hydroxyl groups is 1. The average molecular weight is 552 g/mol. The number of nitrogens with zero attached hydrogens (tertiary/aromatic N) is 2. The quantitative estimate of drug-likeness (QED) is 0.225. The average Bonchev–Trinajstić information content (AvgIpc) is 3.37. The number of carbonyl (C=O) groups excluding carboxylic acids is 3. The third-order valence-corrected chi connectivity index (χ3v) is 7.28. The van der Waals surface area contributed by atoms with Gasteiger partial charge >= 0.3 is 0 Å². The molecule has 1 heterocycles. The molecule has 0 unspecified atom stereocenters. The first-order chi connectivity index (χ1) is 19.3. The number of hydrogen-bond acceptors (Lipinski definition) is 7. The molecule has 5 aromatic rings. The number of hydrogen-bond donors (Lipinski definition) is 4. The Morgan fingerprint density at radius 2 is 1.57 bits per heavy atom. The van der Waals surface area contributed by atoms with Crippen molar-refractivity contribution >= 4 is 51.4 Å². The summed E-state index contributed by atoms with van der Waals surface area (Å²) in [5.41, 5.74) is 13.0. The maximum Gasteiger partial charge on any atom is 0.273 e. The van der Waals surface area contributed by atoms with E-state index in [2.05, 4.69) is 9.69 Å². The standard InChI is InChI=1S/C30H25N5O4S/c31-24-25(28(32)37)34-40-27(24)30(39)35(23-12-6-10-19-9-4-5-11-22(19)23)26(20-13-15-21(36)16-14-20)29(38)33-17-18-7-2-1-3-8-18/h1-16,26,36H,17,31H2,(H2,32,37)(H,33,38)/t26-/m0/s1. The number of nitrogens with one attached hydrogen (secondary N) is 1. The van der Waals surface area contributed by atoms with E-state index in [9.17, 15) is 19.5 Å². The molecule has 0 aliphatic heterocycles. The Labute approximate surface area is 233 Å². The number of primary amides is 1. The van der Waals surface area contributed by atoms with E-state index in [1.807, 2.05) is 60.7 Å². The summed E-state index contributed by atoms with van der Waals surface area (Å²) in [5, 5.41) is 14.5. The summed E-state index contributed by atoms with van der Waals surface area (Å²) >= 11 is 0.739. The number of carbonyl (C=O) groups is 3. The molecular formula is C30H25N5O4S. The smallest absolute Gasteiger partial charge is 0.273 e. The molecule has 9 nitrogen and oxygen atoms in total. The van der Waals surface area contributed by atoms with Gasteiger partial charge in [0, 0.05) is 11.9 Å². The molecule has 40 heavy (non-hydrogen) atoms. The molecule has 1 aromatic heterocycles. The van der Waals surface area contributed by atoms with Crippen LogP contribution in [0.3, 0.4) is 0 Å². The predicted octanol–water partition coefficient (Wildman–Crippen LogP) is 4.39. The molecule has 200 valence electrons. The third-order valence-electron chi connectivity index (χ3n) is 6.43. The van der Waals surface area contributed by atoms with Crippen LogP contribution in [0.2, 0.25) is 0 Å². The molecular weight excluding hydrogens is 526 g/mol. The Morgan fingerprint density at radius 1 is 0.900 bits per heavy atom. The lowest BCUT2D eigenvalue weighted by Gasteiger charge is -2.32. The van der Waals surface area contributed by atoms with Crippen LogP contribution in [-0.2, 0) is 11.3 Å². The van der Waals surface area contributed by atoms with E-state index >= 15 is 0 Å². The van der Waals surface area contributed by atoms with Crippen molar-refractivity contribution in [2.75, 3.05) is 10.6 Å². The van der Waals surface area contributed by atoms with Crippen LogP contribution in [0.25, 0.3) is 10.8 Å². The van der Waals surface area contributed by atoms with Crippen molar-refractivity contribution < 1.29 is 19.5 Å². The van der Waals surface area contributed by atoms with Crippen molar-refractivity contribution in [3.63, 3.8) is 0 Å². The number of fused-ring (bicyclic) bond motifs is 1. The molecule has 3 amide bonds. The molecule has 5 rings (SSSR count). The van der Waals surface area contributed by atoms with Gasteiger partial charge < -0.3 is 21.9 Å². The third kappa shape index (κ3) is 5.20. The van der Waals surface area contributed by atoms with Crippen molar-refractivity contribution in [3.05, 3.63) is 119 Å². The van der Waals surface area contributed by atoms with Gasteiger partial charge in [-0.1, -0.05) is 78.9 Å². The van der Waals surface area contributed by atoms with Crippen molar-refractivity contribution in [3.8, 4) is 5.75 Å². The topological polar surface area (TPSA) is 152 Å². The SMILES string of the molecule is NC(=O)c1nsc(C(=O)N(c2cccc3ccccc23)[C@H](C(=O)NCc2ccccc2)c2ccc(O)cc2)c1N. The van der Waals surface area contributed by atoms with Crippen molar-refractivity contribution in [2.24, 2.45) is 5.73 Å². The number of nitrogen functional groups attached to an aromatic ring is 1. The first kappa shape index (κ1) is 26.4. The van der Waals surface area contributed by atoms with Crippen LogP contribution in [0.4, 0.5) is 11.4 Å². The molecule has 0 saturated heterocycles. The second-order valence-corrected chi connectivity index (χ2v) is 9.78. The summed E-state index contributed by atoms with van der Waals surface area (Å²) in [6.07, 6.45) is 0. The van der Waals surface area contributed by atoms with Crippen molar-refractivity contribution in [1.29, 1.82) is 0 Å². The maximum atomic E-state index is 14.3. The Balaban J connectivity index is 1.69. The number of aromatic nitrogens is 1. The Bertz CT molecular complexity index is 1700. The number of amides is 3. The Kier molecular flexibility index (Phi) is 7.43. The van der Waals surface area contributed by atoms with Crippen LogP contribution >= 0.6 is 11.5 Å². The minimum atomic E-state index is -1.18. The van der Waals surface area contributed by atoms with E-state index < -0.39 is 23.8 Å². The normalized spacial score (nSPS) is 11.6. The van der Waals surface area contributed by atoms with Crippen molar-refractivity contribution in [1.82, 2.24) is 9.69 Å². The number of phenols is 1. The zero-order valence-electron chi connectivity index (χ0n) is 21.2. The summed E-state index contributed by atoms with van der Waals surface area (Å²) < 4.78 is 4.00. The maximum absolute atomic E-state index is 14.3. The van der Waals surface area contributed by atoms with Crippen LogP contribution in [0, 0.1) is 0 Å². The van der Waals surface area contributed by atoms with Crippen LogP contribution in [0.15, 0.2) is 97.1 Å². The van der Waals surface area contributed by atoms with Gasteiger partial charge in [0.2, 0.25) is 5.91 Å². The van der Waals surface area contributed by atoms with Crippen molar-refractivity contribution in [2.45, 2.75) is 12.6 Å². The van der Waals surface area contributed by atoms with Crippen LogP contribution < -0.4 is 21.7 Å². The van der Waals surface area contributed by atoms with Crippen LogP contribution in [0.1, 0.15) is 37.3 Å². The van der Waals surface area contributed by atoms with Gasteiger partial charge in [0.1, 0.15) is 16.7 Å². The second-order valence-electron chi connectivity index (χ2n) is 9.01. The lowest BCUT2D eigenvalue weighted by atomic mass is 10.00. The minimum Gasteiger partial charge on any atom is -0.508 e. The molecule has 0 bridgehead atoms. The van der Waals surface area contributed by atoms with E-state index in [1.54, 1.807) is 24.3 Å². The number of nitrogens with two attached hydrogens (primary N) is 2. The number of benzene rings is 4. The molecule has 10 heteroatoms. The van der Waals surface area contributed by atoms with E-state index in [0.717, 1.165) is 27.9 Å². The van der Waals surface area contributed by atoms with Gasteiger partial charge in [-0.2, -0.15) is 4.37 Å². The zero-order valence-corrected chi connectivity index (χ0v) is 22.0. The highest BCUT2D eigenvalue weighted by atomic mass is 32.1. The van der Waals surface area contributed by atoms with E-state index in [4.69, 9.17) is 11.5 Å². The van der Waals surface area contributed by atoms with Gasteiger partial charge in [0.25, 0.3) is 11.8 Å². The van der Waals surface area contributed by atoms with Gasteiger partial charge in [0.15, 0.2) is 5.69 Å². The Hall–Kier alpha value is -5.22. The van der Waals surface area contributed by atoms with Gasteiger partial charge in [-0.3, -0.25) is 19.3 Å². The van der Waals surface area contributed by atoms with E-state index in [-0.39, 0.29) is 28.6 Å². The molecule has 0 aliphatic carbocycles. The summed E-state index contributed by atoms with van der Waals surface area (Å²) in [6, 6.07) is 27.2. The van der Waals surface area contributed by atoms with Gasteiger partial charge in [-0.15, -0.1) is 0 Å². The molecule has 0 saturated carbocycles. The fraction of sp³-hybridized carbons (Fsp3) is 0.0667. The zero-order chi connectivity index (χ0) is 28.2. The number of rotatable bonds is 8. The highest BCUT2D eigenvalue weighted by molar-refractivity contribution is 7.09. The molecule has 1 atom stereocenters. The molecule has 0 fully saturated rings. The molecule has 4 aromatic carbocycles. The fourth-order valence-electron chi connectivity index (χ4n) is 4.48. The lowest BCUT2D eigenvalue weighted by Crippen LogP contribution is -2.44. The van der Waals surface area contributed by atoms with Gasteiger partial charge in [-0.25, -0.2) is 0 Å². The molecule has 6 N–H and O–H groups in total. The lowest BCUT2D eigenvalue weighted by molar-refractivity contribution is -0.122. The largest absolute Gasteiger partial charge is 0.508 e. The molecule has 0 aliphatic rings. The highest BCUT2D eigenvalue weighted by Crippen LogP contribution is 2.37. The van der Waals surface area contributed by atoms with Crippen LogP contribution in [0.5, 0.6) is 5.75 Å². The van der Waals surface area contributed by atoms with Gasteiger partial charge in [-0.05, 0) is 46.2 Å². The summed E-state index contributed by atoms with van der Waals surface area (Å²) in [6.45, 7) is 0.223. The summed E-state index contributed by atoms with van der Waals surface area (Å²) in [5.74, 6) is -1.95. The summed E-state index contributed by atoms with van der Waals surface area (Å²) in [7, 11) is 0. The van der Waals surface area contributed by atoms with E-state index in [0.29, 0.717) is 11.3 Å². The van der Waals surface area contributed by atoms with Crippen LogP contribution in [-0.4, -0.2) is 27.2 Å². The second kappa shape index (κ2) is 11.3. The fourth-order valence-corrected chi connectivity index (χ4v) is 5.22. The molecule has 0 spiro atoms. The molecule has 0 radical (unpaired) electrons. The minimum absolute atomic E-state index is 0.00744.